The predicted molar refractivity (Wildman–Crippen MR) is 76.3 cm³/mol. The fraction of sp³-hybridized carbons (Fsp3) is 0.600. The highest BCUT2D eigenvalue weighted by molar-refractivity contribution is 6.63. The van der Waals surface area contributed by atoms with Crippen LogP contribution < -0.4 is 5.46 Å². The van der Waals surface area contributed by atoms with Gasteiger partial charge in [-0.05, 0) is 52.1 Å². The van der Waals surface area contributed by atoms with Crippen molar-refractivity contribution in [2.45, 2.75) is 59.2 Å². The van der Waals surface area contributed by atoms with E-state index in [1.807, 2.05) is 0 Å². The van der Waals surface area contributed by atoms with E-state index in [9.17, 15) is 0 Å². The van der Waals surface area contributed by atoms with Gasteiger partial charge < -0.3 is 9.31 Å². The summed E-state index contributed by atoms with van der Waals surface area (Å²) in [7, 11) is -0.244. The molecule has 2 nitrogen and oxygen atoms in total. The smallest absolute Gasteiger partial charge is 0.399 e. The zero-order chi connectivity index (χ0) is 13.6. The molecule has 1 heterocycles. The lowest BCUT2D eigenvalue weighted by atomic mass is 9.72. The van der Waals surface area contributed by atoms with Crippen LogP contribution in [0.1, 0.15) is 45.7 Å². The van der Waals surface area contributed by atoms with Gasteiger partial charge in [0.2, 0.25) is 0 Å². The number of hydrogen-bond donors (Lipinski definition) is 0. The van der Waals surface area contributed by atoms with E-state index in [2.05, 4.69) is 59.7 Å². The van der Waals surface area contributed by atoms with Gasteiger partial charge in [-0.15, -0.1) is 0 Å². The lowest BCUT2D eigenvalue weighted by Gasteiger charge is -2.32. The zero-order valence-corrected chi connectivity index (χ0v) is 12.3. The van der Waals surface area contributed by atoms with Gasteiger partial charge >= 0.3 is 7.12 Å². The first kappa shape index (κ1) is 13.6. The molecule has 18 heavy (non-hydrogen) atoms. The third-order valence-electron chi connectivity index (χ3n) is 4.28. The fourth-order valence-electron chi connectivity index (χ4n) is 2.35. The van der Waals surface area contributed by atoms with Crippen molar-refractivity contribution in [1.29, 1.82) is 0 Å². The van der Waals surface area contributed by atoms with Gasteiger partial charge in [-0.1, -0.05) is 30.7 Å². The van der Waals surface area contributed by atoms with Crippen molar-refractivity contribution < 1.29 is 9.31 Å². The van der Waals surface area contributed by atoms with E-state index >= 15 is 0 Å². The van der Waals surface area contributed by atoms with Crippen LogP contribution in [0.3, 0.4) is 0 Å². The zero-order valence-electron chi connectivity index (χ0n) is 12.3. The average Bonchev–Trinajstić information content (AvgIpc) is 2.47. The van der Waals surface area contributed by atoms with Crippen molar-refractivity contribution in [2.75, 3.05) is 0 Å². The Kier molecular flexibility index (Phi) is 3.33. The van der Waals surface area contributed by atoms with Crippen molar-refractivity contribution in [3.8, 4) is 0 Å². The van der Waals surface area contributed by atoms with Gasteiger partial charge in [0, 0.05) is 0 Å². The molecule has 2 rings (SSSR count). The van der Waals surface area contributed by atoms with Crippen LogP contribution in [0.25, 0.3) is 0 Å². The number of rotatable bonds is 2. The summed E-state index contributed by atoms with van der Waals surface area (Å²) in [6.07, 6.45) is 1.00. The highest BCUT2D eigenvalue weighted by Crippen LogP contribution is 2.36. The van der Waals surface area contributed by atoms with Gasteiger partial charge in [0.25, 0.3) is 0 Å². The molecule has 98 valence electrons. The maximum atomic E-state index is 6.15. The van der Waals surface area contributed by atoms with Crippen molar-refractivity contribution in [3.63, 3.8) is 0 Å². The molecule has 0 N–H and O–H groups in total. The molecule has 0 bridgehead atoms. The van der Waals surface area contributed by atoms with Crippen LogP contribution in [-0.2, 0) is 15.7 Å². The van der Waals surface area contributed by atoms with Crippen molar-refractivity contribution in [3.05, 3.63) is 29.3 Å². The van der Waals surface area contributed by atoms with Crippen molar-refractivity contribution >= 4 is 12.6 Å². The highest BCUT2D eigenvalue weighted by Gasteiger charge is 2.52. The highest BCUT2D eigenvalue weighted by atomic mass is 16.7. The summed E-state index contributed by atoms with van der Waals surface area (Å²) in [6.45, 7) is 12.7. The first-order chi connectivity index (χ1) is 8.28. The Morgan fingerprint density at radius 3 is 2.11 bits per heavy atom. The van der Waals surface area contributed by atoms with E-state index < -0.39 is 0 Å². The number of hydrogen-bond acceptors (Lipinski definition) is 2. The lowest BCUT2D eigenvalue weighted by molar-refractivity contribution is 0.00578. The first-order valence-electron chi connectivity index (χ1n) is 6.72. The molecule has 0 spiro atoms. The molecule has 1 aromatic rings. The molecule has 0 unspecified atom stereocenters. The Hall–Kier alpha value is -0.795. The van der Waals surface area contributed by atoms with Crippen LogP contribution >= 0.6 is 0 Å². The summed E-state index contributed by atoms with van der Waals surface area (Å²) >= 11 is 0. The maximum absolute atomic E-state index is 6.15. The van der Waals surface area contributed by atoms with E-state index in [1.54, 1.807) is 0 Å². The summed E-state index contributed by atoms with van der Waals surface area (Å²) in [5.74, 6) is 0. The third kappa shape index (κ3) is 2.10. The molecule has 0 amide bonds. The normalized spacial score (nSPS) is 21.3. The summed E-state index contributed by atoms with van der Waals surface area (Å²) in [6, 6.07) is 6.38. The van der Waals surface area contributed by atoms with Crippen LogP contribution in [0.15, 0.2) is 18.2 Å². The average molecular weight is 246 g/mol. The van der Waals surface area contributed by atoms with Gasteiger partial charge in [0.05, 0.1) is 11.2 Å². The molecule has 1 fully saturated rings. The topological polar surface area (TPSA) is 18.5 Å². The van der Waals surface area contributed by atoms with Crippen molar-refractivity contribution in [2.24, 2.45) is 0 Å². The Morgan fingerprint density at radius 1 is 1.06 bits per heavy atom. The second-order valence-electron chi connectivity index (χ2n) is 6.09. The summed E-state index contributed by atoms with van der Waals surface area (Å²) in [5, 5.41) is 0. The summed E-state index contributed by atoms with van der Waals surface area (Å²) in [4.78, 5) is 0. The molecule has 0 saturated carbocycles. The molecular formula is C15H23BO2. The second kappa shape index (κ2) is 4.39. The van der Waals surface area contributed by atoms with Gasteiger partial charge in [-0.25, -0.2) is 0 Å². The largest absolute Gasteiger partial charge is 0.495 e. The van der Waals surface area contributed by atoms with E-state index in [0.717, 1.165) is 6.42 Å². The van der Waals surface area contributed by atoms with Crippen LogP contribution in [0.2, 0.25) is 0 Å². The molecule has 3 heteroatoms. The number of benzene rings is 1. The minimum absolute atomic E-state index is 0.244. The quantitative estimate of drug-likeness (QED) is 0.747. The Labute approximate surface area is 111 Å². The molecule has 1 aromatic carbocycles. The molecular weight excluding hydrogens is 223 g/mol. The summed E-state index contributed by atoms with van der Waals surface area (Å²) < 4.78 is 12.3. The Bertz CT molecular complexity index is 436. The fourth-order valence-corrected chi connectivity index (χ4v) is 2.35. The Morgan fingerprint density at radius 2 is 1.61 bits per heavy atom. The SMILES string of the molecule is CCc1cccc(C)c1B1OC(C)(C)C(C)(C)O1. The first-order valence-corrected chi connectivity index (χ1v) is 6.72. The van der Waals surface area contributed by atoms with Crippen LogP contribution in [0, 0.1) is 6.92 Å². The van der Waals surface area contributed by atoms with E-state index in [1.165, 1.54) is 16.6 Å². The van der Waals surface area contributed by atoms with E-state index in [-0.39, 0.29) is 18.3 Å². The molecule has 1 aliphatic heterocycles. The van der Waals surface area contributed by atoms with Gasteiger partial charge in [-0.2, -0.15) is 0 Å². The summed E-state index contributed by atoms with van der Waals surface area (Å²) in [5.41, 5.74) is 3.22. The van der Waals surface area contributed by atoms with Gasteiger partial charge in [-0.3, -0.25) is 0 Å². The number of aryl methyl sites for hydroxylation is 2. The van der Waals surface area contributed by atoms with Crippen LogP contribution in [-0.4, -0.2) is 18.3 Å². The third-order valence-corrected chi connectivity index (χ3v) is 4.28. The van der Waals surface area contributed by atoms with Crippen LogP contribution in [0.4, 0.5) is 0 Å². The molecule has 1 saturated heterocycles. The minimum atomic E-state index is -0.273. The van der Waals surface area contributed by atoms with Gasteiger partial charge in [0.1, 0.15) is 0 Å². The van der Waals surface area contributed by atoms with E-state index in [4.69, 9.17) is 9.31 Å². The molecule has 0 aliphatic carbocycles. The minimum Gasteiger partial charge on any atom is -0.399 e. The standard InChI is InChI=1S/C15H23BO2/c1-7-12-10-8-9-11(2)13(12)16-17-14(3,4)15(5,6)18-16/h8-10H,7H2,1-6H3. The molecule has 1 aliphatic rings. The predicted octanol–water partition coefficient (Wildman–Crippen LogP) is 2.86. The maximum Gasteiger partial charge on any atom is 0.495 e. The van der Waals surface area contributed by atoms with Crippen LogP contribution in [0.5, 0.6) is 0 Å². The van der Waals surface area contributed by atoms with E-state index in [0.29, 0.717) is 0 Å². The Balaban J connectivity index is 2.41. The second-order valence-corrected chi connectivity index (χ2v) is 6.09. The molecule has 0 radical (unpaired) electrons. The molecule has 0 aromatic heterocycles. The lowest BCUT2D eigenvalue weighted by Crippen LogP contribution is -2.41. The van der Waals surface area contributed by atoms with Crippen molar-refractivity contribution in [1.82, 2.24) is 0 Å². The molecule has 0 atom stereocenters. The monoisotopic (exact) mass is 246 g/mol. The van der Waals surface area contributed by atoms with Gasteiger partial charge in [0.15, 0.2) is 0 Å².